The number of thioether (sulfide) groups is 1. The highest BCUT2D eigenvalue weighted by Crippen LogP contribution is 2.29. The number of benzene rings is 1. The van der Waals surface area contributed by atoms with Gasteiger partial charge < -0.3 is 4.74 Å². The Morgan fingerprint density at radius 3 is 2.59 bits per heavy atom. The van der Waals surface area contributed by atoms with Crippen LogP contribution in [-0.2, 0) is 11.3 Å². The Morgan fingerprint density at radius 1 is 1.18 bits per heavy atom. The Morgan fingerprint density at radius 2 is 1.88 bits per heavy atom. The summed E-state index contributed by atoms with van der Waals surface area (Å²) in [4.78, 5) is 11.6. The van der Waals surface area contributed by atoms with E-state index in [0.29, 0.717) is 11.9 Å². The van der Waals surface area contributed by atoms with Gasteiger partial charge >= 0.3 is 5.30 Å². The molecule has 0 aliphatic heterocycles. The fraction of sp³-hybridized carbons (Fsp3) is 0.500. The first-order valence-corrected chi connectivity index (χ1v) is 7.10. The lowest BCUT2D eigenvalue weighted by Gasteiger charge is -2.19. The summed E-state index contributed by atoms with van der Waals surface area (Å²) in [5, 5.41) is 0.354. The maximum absolute atomic E-state index is 11.6. The van der Waals surface area contributed by atoms with Gasteiger partial charge in [-0.2, -0.15) is 0 Å². The molecule has 0 atom stereocenters. The van der Waals surface area contributed by atoms with Crippen molar-refractivity contribution in [2.24, 2.45) is 0 Å². The first-order valence-electron chi connectivity index (χ1n) is 6.22. The molecule has 0 bridgehead atoms. The van der Waals surface area contributed by atoms with E-state index >= 15 is 0 Å². The highest BCUT2D eigenvalue weighted by Gasteiger charge is 2.18. The molecule has 1 aromatic carbocycles. The predicted molar refractivity (Wildman–Crippen MR) is 71.1 cm³/mol. The van der Waals surface area contributed by atoms with Gasteiger partial charge in [0.15, 0.2) is 0 Å². The lowest BCUT2D eigenvalue weighted by molar-refractivity contribution is 0.168. The average molecular weight is 250 g/mol. The van der Waals surface area contributed by atoms with Crippen LogP contribution < -0.4 is 0 Å². The van der Waals surface area contributed by atoms with E-state index in [1.165, 1.54) is 31.0 Å². The smallest absolute Gasteiger partial charge is 0.367 e. The quantitative estimate of drug-likeness (QED) is 0.744. The highest BCUT2D eigenvalue weighted by molar-refractivity contribution is 8.13. The summed E-state index contributed by atoms with van der Waals surface area (Å²) in [5.74, 6) is 0. The molecule has 2 nitrogen and oxygen atoms in total. The Balaban J connectivity index is 1.70. The van der Waals surface area contributed by atoms with Crippen LogP contribution in [0.15, 0.2) is 30.3 Å². The van der Waals surface area contributed by atoms with Gasteiger partial charge in [0.25, 0.3) is 0 Å². The van der Waals surface area contributed by atoms with Crippen LogP contribution in [0, 0.1) is 0 Å². The van der Waals surface area contributed by atoms with Crippen LogP contribution in [0.5, 0.6) is 0 Å². The van der Waals surface area contributed by atoms with E-state index in [1.54, 1.807) is 0 Å². The van der Waals surface area contributed by atoms with Crippen molar-refractivity contribution < 1.29 is 9.53 Å². The number of carbonyl (C=O) groups excluding carboxylic acids is 1. The second kappa shape index (κ2) is 6.70. The van der Waals surface area contributed by atoms with Crippen LogP contribution in [0.1, 0.15) is 37.7 Å². The molecule has 1 aliphatic carbocycles. The minimum atomic E-state index is -0.124. The number of carbonyl (C=O) groups is 1. The highest BCUT2D eigenvalue weighted by atomic mass is 32.2. The zero-order valence-corrected chi connectivity index (χ0v) is 10.7. The van der Waals surface area contributed by atoms with Crippen molar-refractivity contribution in [1.29, 1.82) is 0 Å². The Bertz CT molecular complexity index is 344. The summed E-state index contributed by atoms with van der Waals surface area (Å²) in [6.45, 7) is 0.388. The molecule has 0 radical (unpaired) electrons. The van der Waals surface area contributed by atoms with E-state index < -0.39 is 0 Å². The molecule has 2 rings (SSSR count). The Kier molecular flexibility index (Phi) is 4.92. The molecule has 0 spiro atoms. The SMILES string of the molecule is O=C(OCc1ccccc1)SC1CCCCC1. The van der Waals surface area contributed by atoms with Crippen molar-refractivity contribution in [2.75, 3.05) is 0 Å². The summed E-state index contributed by atoms with van der Waals surface area (Å²) >= 11 is 1.38. The molecule has 1 fully saturated rings. The van der Waals surface area contributed by atoms with Crippen LogP contribution in [0.3, 0.4) is 0 Å². The second-order valence-electron chi connectivity index (χ2n) is 4.40. The zero-order chi connectivity index (χ0) is 11.9. The van der Waals surface area contributed by atoms with Crippen molar-refractivity contribution in [3.63, 3.8) is 0 Å². The third-order valence-corrected chi connectivity index (χ3v) is 4.13. The van der Waals surface area contributed by atoms with Crippen molar-refractivity contribution in [2.45, 2.75) is 44.0 Å². The largest absolute Gasteiger partial charge is 0.453 e. The minimum absolute atomic E-state index is 0.124. The van der Waals surface area contributed by atoms with E-state index in [4.69, 9.17) is 4.74 Å². The molecule has 0 N–H and O–H groups in total. The van der Waals surface area contributed by atoms with E-state index in [9.17, 15) is 4.79 Å². The maximum atomic E-state index is 11.6. The molecule has 1 aromatic rings. The van der Waals surface area contributed by atoms with Crippen molar-refractivity contribution in [3.8, 4) is 0 Å². The van der Waals surface area contributed by atoms with Gasteiger partial charge in [0, 0.05) is 5.25 Å². The summed E-state index contributed by atoms with van der Waals surface area (Å²) in [6, 6.07) is 9.81. The normalized spacial score (nSPS) is 16.7. The van der Waals surface area contributed by atoms with Gasteiger partial charge in [-0.15, -0.1) is 0 Å². The lowest BCUT2D eigenvalue weighted by atomic mass is 10.0. The van der Waals surface area contributed by atoms with Gasteiger partial charge in [0.1, 0.15) is 6.61 Å². The standard InChI is InChI=1S/C14H18O2S/c15-14(17-13-9-5-2-6-10-13)16-11-12-7-3-1-4-8-12/h1,3-4,7-8,13H,2,5-6,9-11H2. The Hall–Kier alpha value is -0.960. The molecule has 0 saturated heterocycles. The van der Waals surface area contributed by atoms with Crippen molar-refractivity contribution >= 4 is 17.1 Å². The molecule has 0 aromatic heterocycles. The summed E-state index contributed by atoms with van der Waals surface area (Å²) < 4.78 is 5.25. The molecule has 0 heterocycles. The number of rotatable bonds is 3. The molecular formula is C14H18O2S. The second-order valence-corrected chi connectivity index (χ2v) is 5.64. The van der Waals surface area contributed by atoms with Gasteiger partial charge in [0.05, 0.1) is 0 Å². The predicted octanol–water partition coefficient (Wildman–Crippen LogP) is 4.39. The van der Waals surface area contributed by atoms with Crippen LogP contribution in [0.25, 0.3) is 0 Å². The fourth-order valence-electron chi connectivity index (χ4n) is 2.07. The monoisotopic (exact) mass is 250 g/mol. The molecule has 1 aliphatic rings. The summed E-state index contributed by atoms with van der Waals surface area (Å²) in [5.41, 5.74) is 1.05. The molecule has 0 unspecified atom stereocenters. The third kappa shape index (κ3) is 4.43. The third-order valence-electron chi connectivity index (χ3n) is 3.01. The molecule has 92 valence electrons. The molecular weight excluding hydrogens is 232 g/mol. The van der Waals surface area contributed by atoms with E-state index in [0.717, 1.165) is 18.4 Å². The average Bonchev–Trinajstić information content (AvgIpc) is 2.39. The fourth-order valence-corrected chi connectivity index (χ4v) is 3.04. The van der Waals surface area contributed by atoms with Crippen molar-refractivity contribution in [1.82, 2.24) is 0 Å². The van der Waals surface area contributed by atoms with Crippen LogP contribution >= 0.6 is 11.8 Å². The van der Waals surface area contributed by atoms with Crippen LogP contribution in [-0.4, -0.2) is 10.6 Å². The van der Waals surface area contributed by atoms with E-state index in [-0.39, 0.29) is 5.30 Å². The molecule has 0 amide bonds. The Labute approximate surface area is 107 Å². The summed E-state index contributed by atoms with van der Waals surface area (Å²) in [6.07, 6.45) is 6.14. The topological polar surface area (TPSA) is 26.3 Å². The molecule has 1 saturated carbocycles. The lowest BCUT2D eigenvalue weighted by Crippen LogP contribution is -2.11. The first kappa shape index (κ1) is 12.5. The first-order chi connectivity index (χ1) is 8.34. The zero-order valence-electron chi connectivity index (χ0n) is 9.93. The summed E-state index contributed by atoms with van der Waals surface area (Å²) in [7, 11) is 0. The number of hydrogen-bond donors (Lipinski definition) is 0. The van der Waals surface area contributed by atoms with Crippen LogP contribution in [0.2, 0.25) is 0 Å². The van der Waals surface area contributed by atoms with E-state index in [1.807, 2.05) is 30.3 Å². The maximum Gasteiger partial charge on any atom is 0.367 e. The van der Waals surface area contributed by atoms with Crippen LogP contribution in [0.4, 0.5) is 4.79 Å². The van der Waals surface area contributed by atoms with Gasteiger partial charge in [-0.25, -0.2) is 4.79 Å². The van der Waals surface area contributed by atoms with E-state index in [2.05, 4.69) is 0 Å². The number of ether oxygens (including phenoxy) is 1. The van der Waals surface area contributed by atoms with Gasteiger partial charge in [-0.3, -0.25) is 0 Å². The van der Waals surface area contributed by atoms with Gasteiger partial charge in [-0.05, 0) is 30.2 Å². The van der Waals surface area contributed by atoms with Gasteiger partial charge in [-0.1, -0.05) is 49.6 Å². The molecule has 17 heavy (non-hydrogen) atoms. The van der Waals surface area contributed by atoms with Crippen molar-refractivity contribution in [3.05, 3.63) is 35.9 Å². The number of hydrogen-bond acceptors (Lipinski definition) is 3. The van der Waals surface area contributed by atoms with Gasteiger partial charge in [0.2, 0.25) is 0 Å². The molecule has 3 heteroatoms. The minimum Gasteiger partial charge on any atom is -0.453 e.